The summed E-state index contributed by atoms with van der Waals surface area (Å²) in [5.74, 6) is 1.17. The lowest BCUT2D eigenvalue weighted by atomic mass is 10.1. The molecular formula is C23H32N6O2. The zero-order valence-electron chi connectivity index (χ0n) is 18.3. The summed E-state index contributed by atoms with van der Waals surface area (Å²) in [6, 6.07) is 10.2. The highest BCUT2D eigenvalue weighted by molar-refractivity contribution is 5.80. The minimum atomic E-state index is 0.220. The highest BCUT2D eigenvalue weighted by atomic mass is 16.5. The molecule has 0 saturated carbocycles. The molecule has 31 heavy (non-hydrogen) atoms. The van der Waals surface area contributed by atoms with E-state index in [1.807, 2.05) is 23.1 Å². The fraction of sp³-hybridized carbons (Fsp3) is 0.522. The summed E-state index contributed by atoms with van der Waals surface area (Å²) in [5.41, 5.74) is 3.51. The molecule has 0 unspecified atom stereocenters. The Labute approximate surface area is 183 Å². The zero-order chi connectivity index (χ0) is 21.5. The molecule has 8 heteroatoms. The van der Waals surface area contributed by atoms with Gasteiger partial charge in [-0.1, -0.05) is 29.4 Å². The van der Waals surface area contributed by atoms with E-state index < -0.39 is 0 Å². The van der Waals surface area contributed by atoms with Gasteiger partial charge in [-0.25, -0.2) is 0 Å². The average molecular weight is 425 g/mol. The first-order valence-corrected chi connectivity index (χ1v) is 11.2. The van der Waals surface area contributed by atoms with Crippen LogP contribution in [0.4, 0.5) is 0 Å². The van der Waals surface area contributed by atoms with Crippen molar-refractivity contribution in [3.63, 3.8) is 0 Å². The van der Waals surface area contributed by atoms with Crippen LogP contribution in [0.2, 0.25) is 0 Å². The van der Waals surface area contributed by atoms with E-state index in [0.717, 1.165) is 70.4 Å². The van der Waals surface area contributed by atoms with E-state index in [1.165, 1.54) is 11.1 Å². The first-order valence-electron chi connectivity index (χ1n) is 11.2. The molecule has 8 nitrogen and oxygen atoms in total. The van der Waals surface area contributed by atoms with E-state index in [2.05, 4.69) is 39.3 Å². The Kier molecular flexibility index (Phi) is 7.19. The number of hydrogen-bond donors (Lipinski definition) is 1. The number of carbonyl (C=O) groups is 1. The minimum Gasteiger partial charge on any atom is -0.364 e. The molecule has 0 atom stereocenters. The molecule has 4 rings (SSSR count). The molecule has 2 aliphatic rings. The summed E-state index contributed by atoms with van der Waals surface area (Å²) in [5, 5.41) is 7.40. The molecule has 0 radical (unpaired) electrons. The molecule has 2 aromatic rings. The van der Waals surface area contributed by atoms with Gasteiger partial charge in [-0.15, -0.1) is 0 Å². The molecule has 2 aliphatic heterocycles. The standard InChI is InChI=1S/C23H32N6O2/c1-2-24-23(28-13-11-27(12-14-28)18-21-9-15-31-26-21)25-10-5-8-22(30)29-16-19-6-3-4-7-20(19)17-29/h3-4,6-7,9,15H,2,5,8,10-14,16-18H2,1H3,(H,24,25). The Bertz CT molecular complexity index is 849. The van der Waals surface area contributed by atoms with Crippen LogP contribution in [-0.2, 0) is 24.4 Å². The van der Waals surface area contributed by atoms with E-state index >= 15 is 0 Å². The molecule has 1 amide bonds. The van der Waals surface area contributed by atoms with Crippen molar-refractivity contribution in [1.82, 2.24) is 25.2 Å². The van der Waals surface area contributed by atoms with Crippen molar-refractivity contribution >= 4 is 11.9 Å². The molecular weight excluding hydrogens is 392 g/mol. The molecule has 0 aliphatic carbocycles. The molecule has 1 saturated heterocycles. The van der Waals surface area contributed by atoms with Crippen LogP contribution in [0, 0.1) is 0 Å². The summed E-state index contributed by atoms with van der Waals surface area (Å²) in [4.78, 5) is 24.0. The normalized spacial score (nSPS) is 17.1. The summed E-state index contributed by atoms with van der Waals surface area (Å²) in [7, 11) is 0. The van der Waals surface area contributed by atoms with Gasteiger partial charge < -0.3 is 19.6 Å². The van der Waals surface area contributed by atoms with Crippen molar-refractivity contribution in [2.24, 2.45) is 4.99 Å². The maximum Gasteiger partial charge on any atom is 0.223 e. The number of amides is 1. The second-order valence-electron chi connectivity index (χ2n) is 8.11. The first-order chi connectivity index (χ1) is 15.2. The van der Waals surface area contributed by atoms with Crippen LogP contribution in [0.3, 0.4) is 0 Å². The number of benzene rings is 1. The van der Waals surface area contributed by atoms with Gasteiger partial charge in [0.25, 0.3) is 0 Å². The van der Waals surface area contributed by atoms with Crippen molar-refractivity contribution < 1.29 is 9.32 Å². The van der Waals surface area contributed by atoms with Gasteiger partial charge in [0, 0.05) is 71.4 Å². The van der Waals surface area contributed by atoms with Gasteiger partial charge >= 0.3 is 0 Å². The van der Waals surface area contributed by atoms with Crippen LogP contribution in [-0.4, -0.2) is 71.0 Å². The van der Waals surface area contributed by atoms with Crippen molar-refractivity contribution in [3.05, 3.63) is 53.4 Å². The van der Waals surface area contributed by atoms with Gasteiger partial charge in [0.15, 0.2) is 5.96 Å². The SMILES string of the molecule is CCNC(=NCCCC(=O)N1Cc2ccccc2C1)N1CCN(Cc2ccon2)CC1. The highest BCUT2D eigenvalue weighted by Gasteiger charge is 2.23. The third-order valence-electron chi connectivity index (χ3n) is 5.89. The van der Waals surface area contributed by atoms with Crippen molar-refractivity contribution in [2.75, 3.05) is 39.3 Å². The Morgan fingerprint density at radius 2 is 1.84 bits per heavy atom. The Balaban J connectivity index is 1.21. The number of piperazine rings is 1. The van der Waals surface area contributed by atoms with Gasteiger partial charge in [0.2, 0.25) is 5.91 Å². The number of fused-ring (bicyclic) bond motifs is 1. The van der Waals surface area contributed by atoms with Crippen molar-refractivity contribution in [2.45, 2.75) is 39.4 Å². The lowest BCUT2D eigenvalue weighted by Crippen LogP contribution is -2.52. The maximum absolute atomic E-state index is 12.6. The molecule has 0 bridgehead atoms. The second-order valence-corrected chi connectivity index (χ2v) is 8.11. The Morgan fingerprint density at radius 1 is 1.10 bits per heavy atom. The second kappa shape index (κ2) is 10.4. The van der Waals surface area contributed by atoms with E-state index in [1.54, 1.807) is 6.26 Å². The molecule has 1 N–H and O–H groups in total. The van der Waals surface area contributed by atoms with Crippen LogP contribution in [0.15, 0.2) is 46.1 Å². The number of nitrogens with zero attached hydrogens (tertiary/aromatic N) is 5. The molecule has 0 spiro atoms. The summed E-state index contributed by atoms with van der Waals surface area (Å²) in [6.07, 6.45) is 2.93. The van der Waals surface area contributed by atoms with Gasteiger partial charge in [-0.05, 0) is 24.5 Å². The predicted octanol–water partition coefficient (Wildman–Crippen LogP) is 2.08. The smallest absolute Gasteiger partial charge is 0.223 e. The number of aliphatic imine (C=N–C) groups is 1. The van der Waals surface area contributed by atoms with Crippen LogP contribution >= 0.6 is 0 Å². The minimum absolute atomic E-state index is 0.220. The third-order valence-corrected chi connectivity index (χ3v) is 5.89. The van der Waals surface area contributed by atoms with Crippen LogP contribution in [0.5, 0.6) is 0 Å². The lowest BCUT2D eigenvalue weighted by Gasteiger charge is -2.36. The summed E-state index contributed by atoms with van der Waals surface area (Å²) in [6.45, 7) is 9.65. The number of aromatic nitrogens is 1. The van der Waals surface area contributed by atoms with Gasteiger partial charge in [0.1, 0.15) is 6.26 Å². The van der Waals surface area contributed by atoms with Crippen molar-refractivity contribution in [3.8, 4) is 0 Å². The Hall–Kier alpha value is -2.87. The summed E-state index contributed by atoms with van der Waals surface area (Å²) >= 11 is 0. The first kappa shape index (κ1) is 21.4. The fourth-order valence-electron chi connectivity index (χ4n) is 4.17. The van der Waals surface area contributed by atoms with E-state index in [9.17, 15) is 4.79 Å². The van der Waals surface area contributed by atoms with Crippen LogP contribution in [0.1, 0.15) is 36.6 Å². The topological polar surface area (TPSA) is 77.2 Å². The zero-order valence-corrected chi connectivity index (χ0v) is 18.3. The fourth-order valence-corrected chi connectivity index (χ4v) is 4.17. The molecule has 1 fully saturated rings. The molecule has 1 aromatic heterocycles. The maximum atomic E-state index is 12.6. The quantitative estimate of drug-likeness (QED) is 0.417. The van der Waals surface area contributed by atoms with E-state index in [4.69, 9.17) is 9.52 Å². The predicted molar refractivity (Wildman–Crippen MR) is 119 cm³/mol. The number of nitrogens with one attached hydrogen (secondary N) is 1. The number of rotatable bonds is 7. The average Bonchev–Trinajstić information content (AvgIpc) is 3.46. The largest absolute Gasteiger partial charge is 0.364 e. The van der Waals surface area contributed by atoms with Crippen LogP contribution < -0.4 is 5.32 Å². The lowest BCUT2D eigenvalue weighted by molar-refractivity contribution is -0.131. The van der Waals surface area contributed by atoms with E-state index in [0.29, 0.717) is 13.0 Å². The number of guanidine groups is 1. The van der Waals surface area contributed by atoms with E-state index in [-0.39, 0.29) is 5.91 Å². The third kappa shape index (κ3) is 5.64. The summed E-state index contributed by atoms with van der Waals surface area (Å²) < 4.78 is 4.92. The van der Waals surface area contributed by atoms with Crippen LogP contribution in [0.25, 0.3) is 0 Å². The monoisotopic (exact) mass is 424 g/mol. The molecule has 3 heterocycles. The van der Waals surface area contributed by atoms with Gasteiger partial charge in [-0.3, -0.25) is 14.7 Å². The molecule has 1 aromatic carbocycles. The number of carbonyl (C=O) groups excluding carboxylic acids is 1. The van der Waals surface area contributed by atoms with Gasteiger partial charge in [0.05, 0.1) is 5.69 Å². The van der Waals surface area contributed by atoms with Crippen molar-refractivity contribution in [1.29, 1.82) is 0 Å². The van der Waals surface area contributed by atoms with Gasteiger partial charge in [-0.2, -0.15) is 0 Å². The number of hydrogen-bond acceptors (Lipinski definition) is 5. The Morgan fingerprint density at radius 3 is 2.48 bits per heavy atom. The highest BCUT2D eigenvalue weighted by Crippen LogP contribution is 2.22. The molecule has 166 valence electrons.